The SMILES string of the molecule is ClCCOc1ccc2cc1COC/C=C\Cn1ccc3ccc(cc31)-c1ccnc(n1)N2. The van der Waals surface area contributed by atoms with Crippen molar-refractivity contribution in [3.05, 3.63) is 78.6 Å². The Hall–Kier alpha value is -3.35. The number of alkyl halides is 1. The van der Waals surface area contributed by atoms with Crippen LogP contribution in [0.2, 0.25) is 0 Å². The van der Waals surface area contributed by atoms with Crippen LogP contribution in [0.15, 0.2) is 73.1 Å². The van der Waals surface area contributed by atoms with Gasteiger partial charge in [-0.15, -0.1) is 11.6 Å². The Kier molecular flexibility index (Phi) is 6.05. The highest BCUT2D eigenvalue weighted by atomic mass is 35.5. The zero-order valence-electron chi connectivity index (χ0n) is 17.5. The van der Waals surface area contributed by atoms with Gasteiger partial charge in [0.05, 0.1) is 24.8 Å². The Morgan fingerprint density at radius 1 is 1.09 bits per heavy atom. The number of anilines is 2. The Bertz CT molecular complexity index is 1270. The number of rotatable bonds is 3. The lowest BCUT2D eigenvalue weighted by atomic mass is 10.1. The van der Waals surface area contributed by atoms with Crippen molar-refractivity contribution in [2.24, 2.45) is 0 Å². The Labute approximate surface area is 191 Å². The van der Waals surface area contributed by atoms with Gasteiger partial charge in [-0.1, -0.05) is 24.3 Å². The fraction of sp³-hybridized carbons (Fsp3) is 0.200. The third kappa shape index (κ3) is 4.47. The average Bonchev–Trinajstić information content (AvgIpc) is 3.22. The van der Waals surface area contributed by atoms with Gasteiger partial charge in [-0.25, -0.2) is 9.97 Å². The molecule has 0 fully saturated rings. The molecule has 2 aromatic heterocycles. The fourth-order valence-electron chi connectivity index (χ4n) is 3.76. The van der Waals surface area contributed by atoms with Gasteiger partial charge in [0, 0.05) is 41.3 Å². The summed E-state index contributed by atoms with van der Waals surface area (Å²) in [5, 5.41) is 4.50. The molecule has 0 radical (unpaired) electrons. The molecule has 162 valence electrons. The second kappa shape index (κ2) is 9.42. The fourth-order valence-corrected chi connectivity index (χ4v) is 3.84. The first-order chi connectivity index (χ1) is 15.8. The molecule has 0 atom stereocenters. The molecule has 1 N–H and O–H groups in total. The van der Waals surface area contributed by atoms with Crippen LogP contribution in [-0.2, 0) is 17.9 Å². The molecular formula is C25H23ClN4O2. The van der Waals surface area contributed by atoms with E-state index in [0.29, 0.717) is 31.6 Å². The predicted octanol–water partition coefficient (Wildman–Crippen LogP) is 5.55. The average molecular weight is 447 g/mol. The van der Waals surface area contributed by atoms with Crippen molar-refractivity contribution in [2.75, 3.05) is 24.4 Å². The number of nitrogens with zero attached hydrogens (tertiary/aromatic N) is 3. The van der Waals surface area contributed by atoms with Crippen LogP contribution in [0.25, 0.3) is 22.2 Å². The molecule has 3 heterocycles. The van der Waals surface area contributed by atoms with Gasteiger partial charge in [0.1, 0.15) is 12.4 Å². The summed E-state index contributed by atoms with van der Waals surface area (Å²) in [4.78, 5) is 9.14. The second-order valence-corrected chi connectivity index (χ2v) is 7.86. The molecule has 0 saturated heterocycles. The lowest BCUT2D eigenvalue weighted by Gasteiger charge is -2.13. The van der Waals surface area contributed by atoms with Gasteiger partial charge >= 0.3 is 0 Å². The van der Waals surface area contributed by atoms with Gasteiger partial charge in [-0.05, 0) is 41.8 Å². The van der Waals surface area contributed by atoms with E-state index >= 15 is 0 Å². The number of hydrogen-bond acceptors (Lipinski definition) is 5. The third-order valence-electron chi connectivity index (χ3n) is 5.32. The number of allylic oxidation sites excluding steroid dienone is 1. The molecule has 0 aliphatic carbocycles. The number of fused-ring (bicyclic) bond motifs is 6. The van der Waals surface area contributed by atoms with Crippen LogP contribution < -0.4 is 10.1 Å². The minimum absolute atomic E-state index is 0.424. The molecule has 0 spiro atoms. The molecule has 6 nitrogen and oxygen atoms in total. The van der Waals surface area contributed by atoms with E-state index in [9.17, 15) is 0 Å². The van der Waals surface area contributed by atoms with Crippen LogP contribution >= 0.6 is 11.6 Å². The molecule has 0 saturated carbocycles. The maximum Gasteiger partial charge on any atom is 0.227 e. The van der Waals surface area contributed by atoms with E-state index in [4.69, 9.17) is 26.1 Å². The standard InChI is InChI=1S/C25H23ClN4O2/c26-9-14-32-24-6-5-21-15-20(24)17-31-13-2-1-11-30-12-8-18-3-4-19(16-23(18)30)22-7-10-27-25(28-21)29-22/h1-8,10,12,15-16H,9,11,13-14,17H2,(H,27,28,29)/b2-1-. The lowest BCUT2D eigenvalue weighted by Crippen LogP contribution is -2.04. The molecule has 4 aromatic rings. The number of nitrogens with one attached hydrogen (secondary N) is 1. The molecule has 0 amide bonds. The van der Waals surface area contributed by atoms with Crippen LogP contribution in [0.1, 0.15) is 5.56 Å². The van der Waals surface area contributed by atoms with Crippen LogP contribution in [0, 0.1) is 0 Å². The van der Waals surface area contributed by atoms with Crippen molar-refractivity contribution in [3.8, 4) is 17.0 Å². The molecule has 7 heteroatoms. The van der Waals surface area contributed by atoms with E-state index in [-0.39, 0.29) is 0 Å². The van der Waals surface area contributed by atoms with Crippen molar-refractivity contribution < 1.29 is 9.47 Å². The highest BCUT2D eigenvalue weighted by Gasteiger charge is 2.10. The van der Waals surface area contributed by atoms with E-state index < -0.39 is 0 Å². The molecule has 1 aliphatic heterocycles. The smallest absolute Gasteiger partial charge is 0.227 e. The van der Waals surface area contributed by atoms with Gasteiger partial charge in [-0.3, -0.25) is 0 Å². The largest absolute Gasteiger partial charge is 0.492 e. The van der Waals surface area contributed by atoms with E-state index in [1.54, 1.807) is 6.20 Å². The van der Waals surface area contributed by atoms with Crippen molar-refractivity contribution in [1.29, 1.82) is 0 Å². The number of halogens is 1. The van der Waals surface area contributed by atoms with Crippen molar-refractivity contribution in [3.63, 3.8) is 0 Å². The predicted molar refractivity (Wildman–Crippen MR) is 128 cm³/mol. The second-order valence-electron chi connectivity index (χ2n) is 7.48. The van der Waals surface area contributed by atoms with E-state index in [1.165, 1.54) is 10.9 Å². The normalized spacial score (nSPS) is 14.7. The van der Waals surface area contributed by atoms with E-state index in [0.717, 1.165) is 34.8 Å². The number of benzene rings is 2. The maximum absolute atomic E-state index is 5.89. The molecular weight excluding hydrogens is 424 g/mol. The first-order valence-corrected chi connectivity index (χ1v) is 11.1. The summed E-state index contributed by atoms with van der Waals surface area (Å²) in [6.07, 6.45) is 8.04. The summed E-state index contributed by atoms with van der Waals surface area (Å²) in [5.41, 5.74) is 4.88. The molecule has 5 rings (SSSR count). The highest BCUT2D eigenvalue weighted by Crippen LogP contribution is 2.28. The van der Waals surface area contributed by atoms with Crippen LogP contribution in [0.3, 0.4) is 0 Å². The van der Waals surface area contributed by atoms with Gasteiger partial charge in [-0.2, -0.15) is 0 Å². The molecule has 0 unspecified atom stereocenters. The minimum Gasteiger partial charge on any atom is -0.492 e. The van der Waals surface area contributed by atoms with Gasteiger partial charge in [0.15, 0.2) is 0 Å². The maximum atomic E-state index is 5.89. The van der Waals surface area contributed by atoms with Crippen LogP contribution in [-0.4, -0.2) is 33.6 Å². The summed E-state index contributed by atoms with van der Waals surface area (Å²) in [7, 11) is 0. The van der Waals surface area contributed by atoms with Gasteiger partial charge in [0.25, 0.3) is 0 Å². The van der Waals surface area contributed by atoms with E-state index in [1.807, 2.05) is 30.3 Å². The monoisotopic (exact) mass is 446 g/mol. The first-order valence-electron chi connectivity index (χ1n) is 10.5. The first kappa shape index (κ1) is 20.5. The van der Waals surface area contributed by atoms with Gasteiger partial charge < -0.3 is 19.4 Å². The summed E-state index contributed by atoms with van der Waals surface area (Å²) in [6.45, 7) is 2.15. The van der Waals surface area contributed by atoms with Crippen molar-refractivity contribution >= 4 is 34.1 Å². The zero-order chi connectivity index (χ0) is 21.8. The Morgan fingerprint density at radius 3 is 3.00 bits per heavy atom. The van der Waals surface area contributed by atoms with Crippen molar-refractivity contribution in [1.82, 2.24) is 14.5 Å². The highest BCUT2D eigenvalue weighted by molar-refractivity contribution is 6.18. The Morgan fingerprint density at radius 2 is 2.06 bits per heavy atom. The van der Waals surface area contributed by atoms with Crippen LogP contribution in [0.4, 0.5) is 11.6 Å². The summed E-state index contributed by atoms with van der Waals surface area (Å²) in [6, 6.07) is 16.3. The molecule has 2 aromatic carbocycles. The number of aromatic nitrogens is 3. The topological polar surface area (TPSA) is 61.2 Å². The molecule has 6 bridgehead atoms. The quantitative estimate of drug-likeness (QED) is 0.330. The lowest BCUT2D eigenvalue weighted by molar-refractivity contribution is 0.145. The van der Waals surface area contributed by atoms with Crippen molar-refractivity contribution in [2.45, 2.75) is 13.2 Å². The molecule has 32 heavy (non-hydrogen) atoms. The van der Waals surface area contributed by atoms with Gasteiger partial charge in [0.2, 0.25) is 5.95 Å². The summed E-state index contributed by atoms with van der Waals surface area (Å²) < 4.78 is 13.9. The van der Waals surface area contributed by atoms with E-state index in [2.05, 4.69) is 51.4 Å². The molecule has 1 aliphatic rings. The summed E-state index contributed by atoms with van der Waals surface area (Å²) in [5.74, 6) is 1.72. The Balaban J connectivity index is 1.54. The number of ether oxygens (including phenoxy) is 2. The summed E-state index contributed by atoms with van der Waals surface area (Å²) >= 11 is 5.80. The number of hydrogen-bond donors (Lipinski definition) is 1. The third-order valence-corrected chi connectivity index (χ3v) is 5.47. The zero-order valence-corrected chi connectivity index (χ0v) is 18.3. The van der Waals surface area contributed by atoms with Crippen LogP contribution in [0.5, 0.6) is 5.75 Å². The minimum atomic E-state index is 0.424.